The minimum Gasteiger partial charge on any atom is -0.390 e. The molecule has 12 heavy (non-hydrogen) atoms. The van der Waals surface area contributed by atoms with Gasteiger partial charge in [-0.1, -0.05) is 13.8 Å². The molecule has 2 nitrogen and oxygen atoms in total. The van der Waals surface area contributed by atoms with Crippen molar-refractivity contribution in [3.8, 4) is 0 Å². The molecule has 1 rings (SSSR count). The van der Waals surface area contributed by atoms with Gasteiger partial charge < -0.3 is 5.11 Å². The number of hydrogen-bond acceptors (Lipinski definition) is 2. The number of hydrogen-bond donors (Lipinski definition) is 1. The smallest absolute Gasteiger partial charge is 0.133 e. The fraction of sp³-hybridized carbons (Fsp3) is 0.900. The Labute approximate surface area is 74.0 Å². The number of carbonyl (C=O) groups excluding carboxylic acids is 1. The molecule has 1 atom stereocenters. The van der Waals surface area contributed by atoms with Gasteiger partial charge in [0.1, 0.15) is 5.78 Å². The van der Waals surface area contributed by atoms with Crippen molar-refractivity contribution in [2.45, 2.75) is 51.6 Å². The molecular weight excluding hydrogens is 152 g/mol. The van der Waals surface area contributed by atoms with E-state index in [1.54, 1.807) is 0 Å². The van der Waals surface area contributed by atoms with Crippen LogP contribution in [0, 0.1) is 5.92 Å². The quantitative estimate of drug-likeness (QED) is 0.702. The van der Waals surface area contributed by atoms with E-state index in [1.807, 2.05) is 13.8 Å². The molecule has 1 fully saturated rings. The largest absolute Gasteiger partial charge is 0.390 e. The van der Waals surface area contributed by atoms with Crippen LogP contribution in [0.4, 0.5) is 0 Å². The molecule has 70 valence electrons. The highest BCUT2D eigenvalue weighted by atomic mass is 16.3. The summed E-state index contributed by atoms with van der Waals surface area (Å²) in [5.41, 5.74) is -0.577. The van der Waals surface area contributed by atoms with Crippen molar-refractivity contribution in [3.05, 3.63) is 0 Å². The SMILES string of the molecule is CCC(O)(CC)C1CCC(=O)C1. The van der Waals surface area contributed by atoms with Crippen molar-refractivity contribution in [2.24, 2.45) is 5.92 Å². The zero-order valence-corrected chi connectivity index (χ0v) is 7.97. The predicted octanol–water partition coefficient (Wildman–Crippen LogP) is 1.91. The van der Waals surface area contributed by atoms with Crippen LogP contribution in [0.25, 0.3) is 0 Å². The van der Waals surface area contributed by atoms with E-state index in [0.717, 1.165) is 19.3 Å². The maximum Gasteiger partial charge on any atom is 0.133 e. The van der Waals surface area contributed by atoms with E-state index in [4.69, 9.17) is 0 Å². The summed E-state index contributed by atoms with van der Waals surface area (Å²) in [6.45, 7) is 3.98. The summed E-state index contributed by atoms with van der Waals surface area (Å²) in [5, 5.41) is 10.1. The van der Waals surface area contributed by atoms with Gasteiger partial charge in [-0.2, -0.15) is 0 Å². The van der Waals surface area contributed by atoms with E-state index in [1.165, 1.54) is 0 Å². The first-order valence-electron chi connectivity index (χ1n) is 4.86. The second kappa shape index (κ2) is 3.56. The van der Waals surface area contributed by atoms with Crippen molar-refractivity contribution < 1.29 is 9.90 Å². The van der Waals surface area contributed by atoms with Gasteiger partial charge in [0.15, 0.2) is 0 Å². The molecular formula is C10H18O2. The number of ketones is 1. The highest BCUT2D eigenvalue weighted by Gasteiger charge is 2.37. The van der Waals surface area contributed by atoms with E-state index < -0.39 is 5.60 Å². The second-order valence-corrected chi connectivity index (χ2v) is 3.79. The van der Waals surface area contributed by atoms with Gasteiger partial charge in [-0.25, -0.2) is 0 Å². The van der Waals surface area contributed by atoms with Crippen LogP contribution in [0.3, 0.4) is 0 Å². The Morgan fingerprint density at radius 1 is 1.50 bits per heavy atom. The lowest BCUT2D eigenvalue weighted by Gasteiger charge is -2.31. The molecule has 0 aliphatic heterocycles. The van der Waals surface area contributed by atoms with Crippen LogP contribution in [-0.2, 0) is 4.79 Å². The first-order chi connectivity index (χ1) is 5.62. The van der Waals surface area contributed by atoms with Gasteiger partial charge in [0.05, 0.1) is 5.60 Å². The van der Waals surface area contributed by atoms with Crippen molar-refractivity contribution >= 4 is 5.78 Å². The van der Waals surface area contributed by atoms with Gasteiger partial charge in [-0.3, -0.25) is 4.79 Å². The molecule has 0 amide bonds. The summed E-state index contributed by atoms with van der Waals surface area (Å²) in [4.78, 5) is 11.0. The molecule has 1 saturated carbocycles. The highest BCUT2D eigenvalue weighted by molar-refractivity contribution is 5.80. The third kappa shape index (κ3) is 1.69. The van der Waals surface area contributed by atoms with Crippen LogP contribution < -0.4 is 0 Å². The van der Waals surface area contributed by atoms with E-state index >= 15 is 0 Å². The maximum atomic E-state index is 11.0. The van der Waals surface area contributed by atoms with Crippen molar-refractivity contribution in [1.29, 1.82) is 0 Å². The molecule has 1 unspecified atom stereocenters. The molecule has 1 N–H and O–H groups in total. The Morgan fingerprint density at radius 3 is 2.42 bits per heavy atom. The van der Waals surface area contributed by atoms with Gasteiger partial charge in [0.25, 0.3) is 0 Å². The average molecular weight is 170 g/mol. The number of rotatable bonds is 3. The summed E-state index contributed by atoms with van der Waals surface area (Å²) in [6, 6.07) is 0. The Morgan fingerprint density at radius 2 is 2.08 bits per heavy atom. The van der Waals surface area contributed by atoms with Crippen molar-refractivity contribution in [1.82, 2.24) is 0 Å². The first-order valence-corrected chi connectivity index (χ1v) is 4.86. The molecule has 1 aliphatic rings. The monoisotopic (exact) mass is 170 g/mol. The Bertz CT molecular complexity index is 171. The standard InChI is InChI=1S/C10H18O2/c1-3-10(12,4-2)8-5-6-9(11)7-8/h8,12H,3-7H2,1-2H3. The summed E-state index contributed by atoms with van der Waals surface area (Å²) >= 11 is 0. The molecule has 0 heterocycles. The number of carbonyl (C=O) groups is 1. The lowest BCUT2D eigenvalue weighted by atomic mass is 9.82. The van der Waals surface area contributed by atoms with E-state index in [-0.39, 0.29) is 5.92 Å². The minimum atomic E-state index is -0.577. The van der Waals surface area contributed by atoms with Crippen LogP contribution >= 0.6 is 0 Å². The van der Waals surface area contributed by atoms with Gasteiger partial charge in [-0.15, -0.1) is 0 Å². The van der Waals surface area contributed by atoms with E-state index in [0.29, 0.717) is 18.6 Å². The zero-order chi connectivity index (χ0) is 9.19. The highest BCUT2D eigenvalue weighted by Crippen LogP contribution is 2.36. The Balaban J connectivity index is 2.61. The van der Waals surface area contributed by atoms with Crippen LogP contribution in [0.1, 0.15) is 46.0 Å². The fourth-order valence-electron chi connectivity index (χ4n) is 2.10. The maximum absolute atomic E-state index is 11.0. The van der Waals surface area contributed by atoms with Gasteiger partial charge >= 0.3 is 0 Å². The van der Waals surface area contributed by atoms with Gasteiger partial charge in [0.2, 0.25) is 0 Å². The third-order valence-corrected chi connectivity index (χ3v) is 3.23. The van der Waals surface area contributed by atoms with Crippen molar-refractivity contribution in [3.63, 3.8) is 0 Å². The molecule has 1 aliphatic carbocycles. The summed E-state index contributed by atoms with van der Waals surface area (Å²) in [6.07, 6.45) is 3.69. The molecule has 0 bridgehead atoms. The molecule has 0 aromatic heterocycles. The van der Waals surface area contributed by atoms with Crippen LogP contribution in [0.5, 0.6) is 0 Å². The fourth-order valence-corrected chi connectivity index (χ4v) is 2.10. The molecule has 0 spiro atoms. The molecule has 0 aromatic carbocycles. The molecule has 0 saturated heterocycles. The summed E-state index contributed by atoms with van der Waals surface area (Å²) in [5.74, 6) is 0.542. The molecule has 0 radical (unpaired) electrons. The third-order valence-electron chi connectivity index (χ3n) is 3.23. The molecule has 2 heteroatoms. The lowest BCUT2D eigenvalue weighted by Crippen LogP contribution is -2.35. The lowest BCUT2D eigenvalue weighted by molar-refractivity contribution is -0.118. The van der Waals surface area contributed by atoms with Crippen LogP contribution in [0.2, 0.25) is 0 Å². The van der Waals surface area contributed by atoms with Crippen LogP contribution in [0.15, 0.2) is 0 Å². The second-order valence-electron chi connectivity index (χ2n) is 3.79. The van der Waals surface area contributed by atoms with Gasteiger partial charge in [0, 0.05) is 12.8 Å². The Hall–Kier alpha value is -0.370. The van der Waals surface area contributed by atoms with E-state index in [2.05, 4.69) is 0 Å². The van der Waals surface area contributed by atoms with Gasteiger partial charge in [-0.05, 0) is 25.2 Å². The first kappa shape index (κ1) is 9.72. The summed E-state index contributed by atoms with van der Waals surface area (Å²) < 4.78 is 0. The van der Waals surface area contributed by atoms with Crippen molar-refractivity contribution in [2.75, 3.05) is 0 Å². The topological polar surface area (TPSA) is 37.3 Å². The Kier molecular flexibility index (Phi) is 2.89. The average Bonchev–Trinajstić information content (AvgIpc) is 2.51. The predicted molar refractivity (Wildman–Crippen MR) is 47.9 cm³/mol. The minimum absolute atomic E-state index is 0.222. The molecule has 0 aromatic rings. The number of aliphatic hydroxyl groups is 1. The number of Topliss-reactive ketones (excluding diaryl/α,β-unsaturated/α-hetero) is 1. The summed E-state index contributed by atoms with van der Waals surface area (Å²) in [7, 11) is 0. The zero-order valence-electron chi connectivity index (χ0n) is 7.97. The van der Waals surface area contributed by atoms with E-state index in [9.17, 15) is 9.90 Å². The van der Waals surface area contributed by atoms with Crippen LogP contribution in [-0.4, -0.2) is 16.5 Å². The normalized spacial score (nSPS) is 24.9.